The van der Waals surface area contributed by atoms with E-state index in [9.17, 15) is 9.59 Å². The zero-order valence-corrected chi connectivity index (χ0v) is 11.0. The first-order valence-corrected chi connectivity index (χ1v) is 5.92. The van der Waals surface area contributed by atoms with E-state index in [1.54, 1.807) is 26.0 Å². The fourth-order valence-electron chi connectivity index (χ4n) is 2.11. The number of pyridine rings is 1. The number of hydrogen-bond acceptors (Lipinski definition) is 3. The topological polar surface area (TPSA) is 93.9 Å². The van der Waals surface area contributed by atoms with E-state index in [1.165, 1.54) is 12.1 Å². The molecule has 2 N–H and O–H groups in total. The average molecular weight is 268 g/mol. The van der Waals surface area contributed by atoms with Gasteiger partial charge in [0, 0.05) is 11.3 Å². The molecular formula is C15H12N2O3. The third-order valence-electron chi connectivity index (χ3n) is 3.04. The normalized spacial score (nSPS) is 10.1. The van der Waals surface area contributed by atoms with Crippen LogP contribution >= 0.6 is 0 Å². The fourth-order valence-corrected chi connectivity index (χ4v) is 2.11. The van der Waals surface area contributed by atoms with Gasteiger partial charge in [-0.15, -0.1) is 0 Å². The number of aryl methyl sites for hydroxylation is 2. The number of nitriles is 1. The molecule has 0 unspecified atom stereocenters. The van der Waals surface area contributed by atoms with Crippen molar-refractivity contribution in [2.75, 3.05) is 0 Å². The predicted octanol–water partition coefficient (Wildman–Crippen LogP) is 2.23. The minimum absolute atomic E-state index is 0.0294. The molecule has 0 saturated heterocycles. The second-order valence-corrected chi connectivity index (χ2v) is 4.52. The first-order valence-electron chi connectivity index (χ1n) is 5.92. The number of H-pyrrole nitrogens is 1. The Labute approximate surface area is 115 Å². The van der Waals surface area contributed by atoms with Crippen LogP contribution in [0.2, 0.25) is 0 Å². The number of aromatic carboxylic acids is 1. The molecule has 2 aromatic rings. The predicted molar refractivity (Wildman–Crippen MR) is 73.6 cm³/mol. The Hall–Kier alpha value is -2.87. The van der Waals surface area contributed by atoms with E-state index in [1.807, 2.05) is 6.07 Å². The minimum Gasteiger partial charge on any atom is -0.478 e. The lowest BCUT2D eigenvalue weighted by Gasteiger charge is -2.09. The van der Waals surface area contributed by atoms with Gasteiger partial charge in [0.15, 0.2) is 0 Å². The van der Waals surface area contributed by atoms with Crippen molar-refractivity contribution in [1.29, 1.82) is 5.26 Å². The van der Waals surface area contributed by atoms with Crippen molar-refractivity contribution in [1.82, 2.24) is 4.98 Å². The average Bonchev–Trinajstić information content (AvgIpc) is 2.37. The maximum atomic E-state index is 11.8. The highest BCUT2D eigenvalue weighted by Crippen LogP contribution is 2.26. The van der Waals surface area contributed by atoms with Crippen LogP contribution in [0, 0.1) is 25.2 Å². The molecule has 1 aromatic carbocycles. The van der Waals surface area contributed by atoms with Gasteiger partial charge in [-0.3, -0.25) is 4.79 Å². The summed E-state index contributed by atoms with van der Waals surface area (Å²) in [6, 6.07) is 8.21. The van der Waals surface area contributed by atoms with Gasteiger partial charge in [0.25, 0.3) is 5.56 Å². The number of carboxylic acids is 1. The van der Waals surface area contributed by atoms with E-state index in [0.29, 0.717) is 22.4 Å². The van der Waals surface area contributed by atoms with Crippen LogP contribution in [0.15, 0.2) is 29.1 Å². The van der Waals surface area contributed by atoms with E-state index >= 15 is 0 Å². The van der Waals surface area contributed by atoms with Gasteiger partial charge in [-0.25, -0.2) is 4.79 Å². The van der Waals surface area contributed by atoms with Crippen molar-refractivity contribution >= 4 is 5.97 Å². The molecule has 5 nitrogen and oxygen atoms in total. The van der Waals surface area contributed by atoms with Gasteiger partial charge in [0.1, 0.15) is 11.6 Å². The number of carboxylic acid groups (broad SMARTS) is 1. The number of nitrogens with zero attached hydrogens (tertiary/aromatic N) is 1. The summed E-state index contributed by atoms with van der Waals surface area (Å²) in [4.78, 5) is 25.3. The Kier molecular flexibility index (Phi) is 3.40. The Balaban J connectivity index is 2.73. The van der Waals surface area contributed by atoms with E-state index in [4.69, 9.17) is 10.4 Å². The molecule has 0 radical (unpaired) electrons. The van der Waals surface area contributed by atoms with Crippen molar-refractivity contribution in [2.45, 2.75) is 13.8 Å². The third-order valence-corrected chi connectivity index (χ3v) is 3.04. The number of carbonyl (C=O) groups is 1. The van der Waals surface area contributed by atoms with Crippen molar-refractivity contribution in [2.24, 2.45) is 0 Å². The largest absolute Gasteiger partial charge is 0.478 e. The summed E-state index contributed by atoms with van der Waals surface area (Å²) in [7, 11) is 0. The molecule has 2 rings (SSSR count). The van der Waals surface area contributed by atoms with Gasteiger partial charge in [-0.05, 0) is 43.2 Å². The molecule has 0 atom stereocenters. The monoisotopic (exact) mass is 268 g/mol. The molecule has 0 aliphatic rings. The summed E-state index contributed by atoms with van der Waals surface area (Å²) in [5.74, 6) is -1.01. The molecular weight excluding hydrogens is 256 g/mol. The van der Waals surface area contributed by atoms with Crippen LogP contribution in [-0.4, -0.2) is 16.1 Å². The smallest absolute Gasteiger partial charge is 0.335 e. The van der Waals surface area contributed by atoms with Crippen LogP contribution < -0.4 is 5.56 Å². The molecule has 100 valence electrons. The first-order chi connectivity index (χ1) is 9.43. The Morgan fingerprint density at radius 1 is 1.25 bits per heavy atom. The van der Waals surface area contributed by atoms with Crippen LogP contribution in [0.25, 0.3) is 11.1 Å². The lowest BCUT2D eigenvalue weighted by Crippen LogP contribution is -2.13. The fraction of sp³-hybridized carbons (Fsp3) is 0.133. The van der Waals surface area contributed by atoms with E-state index in [2.05, 4.69) is 4.98 Å². The van der Waals surface area contributed by atoms with Crippen LogP contribution in [-0.2, 0) is 0 Å². The van der Waals surface area contributed by atoms with Crippen LogP contribution in [0.5, 0.6) is 0 Å². The second kappa shape index (κ2) is 5.02. The molecule has 0 fully saturated rings. The highest BCUT2D eigenvalue weighted by atomic mass is 16.4. The summed E-state index contributed by atoms with van der Waals surface area (Å²) in [5, 5.41) is 18.1. The quantitative estimate of drug-likeness (QED) is 0.873. The zero-order valence-electron chi connectivity index (χ0n) is 11.0. The highest BCUT2D eigenvalue weighted by molar-refractivity contribution is 5.89. The van der Waals surface area contributed by atoms with Crippen LogP contribution in [0.3, 0.4) is 0 Å². The van der Waals surface area contributed by atoms with Gasteiger partial charge >= 0.3 is 5.97 Å². The minimum atomic E-state index is -1.01. The number of rotatable bonds is 2. The SMILES string of the molecule is Cc1cc(-c2ccc(C(=O)O)cc2C)c(C#N)c(=O)[nH]1. The lowest BCUT2D eigenvalue weighted by atomic mass is 9.95. The van der Waals surface area contributed by atoms with E-state index < -0.39 is 11.5 Å². The van der Waals surface area contributed by atoms with E-state index in [-0.39, 0.29) is 11.1 Å². The Bertz CT molecular complexity index is 798. The maximum absolute atomic E-state index is 11.8. The number of aromatic amines is 1. The van der Waals surface area contributed by atoms with Gasteiger partial charge in [0.2, 0.25) is 0 Å². The molecule has 0 aliphatic heterocycles. The van der Waals surface area contributed by atoms with Crippen molar-refractivity contribution in [3.63, 3.8) is 0 Å². The maximum Gasteiger partial charge on any atom is 0.335 e. The number of hydrogen-bond donors (Lipinski definition) is 2. The van der Waals surface area contributed by atoms with Gasteiger partial charge < -0.3 is 10.1 Å². The first kappa shape index (κ1) is 13.6. The van der Waals surface area contributed by atoms with Gasteiger partial charge in [-0.2, -0.15) is 5.26 Å². The van der Waals surface area contributed by atoms with Crippen LogP contribution in [0.4, 0.5) is 0 Å². The summed E-state index contributed by atoms with van der Waals surface area (Å²) < 4.78 is 0. The van der Waals surface area contributed by atoms with Crippen molar-refractivity contribution in [3.05, 3.63) is 57.0 Å². The van der Waals surface area contributed by atoms with Crippen molar-refractivity contribution in [3.8, 4) is 17.2 Å². The molecule has 0 bridgehead atoms. The molecule has 0 saturated carbocycles. The summed E-state index contributed by atoms with van der Waals surface area (Å²) in [6.07, 6.45) is 0. The molecule has 0 spiro atoms. The number of benzene rings is 1. The Morgan fingerprint density at radius 2 is 1.95 bits per heavy atom. The summed E-state index contributed by atoms with van der Waals surface area (Å²) in [6.45, 7) is 3.48. The van der Waals surface area contributed by atoms with E-state index in [0.717, 1.165) is 0 Å². The Morgan fingerprint density at radius 3 is 2.50 bits per heavy atom. The molecule has 5 heteroatoms. The number of aromatic nitrogens is 1. The van der Waals surface area contributed by atoms with Gasteiger partial charge in [0.05, 0.1) is 5.56 Å². The lowest BCUT2D eigenvalue weighted by molar-refractivity contribution is 0.0697. The number of nitrogens with one attached hydrogen (secondary N) is 1. The van der Waals surface area contributed by atoms with Gasteiger partial charge in [-0.1, -0.05) is 6.07 Å². The molecule has 0 aliphatic carbocycles. The van der Waals surface area contributed by atoms with Crippen LogP contribution in [0.1, 0.15) is 27.2 Å². The second-order valence-electron chi connectivity index (χ2n) is 4.52. The summed E-state index contributed by atoms with van der Waals surface area (Å²) in [5.41, 5.74) is 2.30. The summed E-state index contributed by atoms with van der Waals surface area (Å²) >= 11 is 0. The standard InChI is InChI=1S/C15H12N2O3/c1-8-5-10(15(19)20)3-4-11(8)12-6-9(2)17-14(18)13(12)7-16/h3-6H,1-2H3,(H,17,18)(H,19,20). The highest BCUT2D eigenvalue weighted by Gasteiger charge is 2.13. The third kappa shape index (κ3) is 2.31. The molecule has 1 aromatic heterocycles. The van der Waals surface area contributed by atoms with Crippen molar-refractivity contribution < 1.29 is 9.90 Å². The molecule has 0 amide bonds. The molecule has 20 heavy (non-hydrogen) atoms. The zero-order chi connectivity index (χ0) is 14.9. The molecule has 1 heterocycles.